The molecule has 4 saturated heterocycles. The van der Waals surface area contributed by atoms with Crippen molar-refractivity contribution in [2.75, 3.05) is 26.6 Å². The minimum absolute atomic E-state index is 0.0465. The summed E-state index contributed by atoms with van der Waals surface area (Å²) in [5.41, 5.74) is 5.02. The first-order valence-electron chi connectivity index (χ1n) is 19.4. The Morgan fingerprint density at radius 2 is 0.661 bits per heavy atom. The molecule has 0 aliphatic carbocycles. The molecule has 4 fully saturated rings. The summed E-state index contributed by atoms with van der Waals surface area (Å²) in [5, 5.41) is 0. The number of fused-ring (bicyclic) bond motifs is 4. The summed E-state index contributed by atoms with van der Waals surface area (Å²) in [6.45, 7) is 0. The highest BCUT2D eigenvalue weighted by molar-refractivity contribution is 7.85. The molecule has 0 amide bonds. The van der Waals surface area contributed by atoms with Gasteiger partial charge in [0, 0.05) is 24.2 Å². The van der Waals surface area contributed by atoms with E-state index in [9.17, 15) is 16.8 Å². The minimum atomic E-state index is -3.67. The van der Waals surface area contributed by atoms with Crippen LogP contribution < -0.4 is 0 Å². The lowest BCUT2D eigenvalue weighted by atomic mass is 9.97. The van der Waals surface area contributed by atoms with Crippen molar-refractivity contribution in [3.8, 4) is 0 Å². The van der Waals surface area contributed by atoms with Crippen molar-refractivity contribution >= 4 is 20.2 Å². The van der Waals surface area contributed by atoms with Crippen molar-refractivity contribution in [3.63, 3.8) is 0 Å². The molecule has 4 aliphatic rings. The Kier molecular flexibility index (Phi) is 15.8. The lowest BCUT2D eigenvalue weighted by molar-refractivity contribution is -0.0428. The average Bonchev–Trinajstić information content (AvgIpc) is 3.47. The number of ether oxygens (including phenoxy) is 2. The van der Waals surface area contributed by atoms with Crippen LogP contribution in [0.5, 0.6) is 0 Å². The summed E-state index contributed by atoms with van der Waals surface area (Å²) in [6.07, 6.45) is 12.3. The Balaban J connectivity index is 0.000000173. The molecule has 304 valence electrons. The van der Waals surface area contributed by atoms with E-state index in [1.165, 1.54) is 73.6 Å². The molecular formula is C44H58N2O8S2. The second-order valence-electron chi connectivity index (χ2n) is 15.4. The number of rotatable bonds is 8. The van der Waals surface area contributed by atoms with Gasteiger partial charge < -0.3 is 19.3 Å². The van der Waals surface area contributed by atoms with Gasteiger partial charge in [-0.15, -0.1) is 0 Å². The van der Waals surface area contributed by atoms with Crippen LogP contribution in [-0.2, 0) is 29.7 Å². The maximum absolute atomic E-state index is 9.19. The Morgan fingerprint density at radius 3 is 0.857 bits per heavy atom. The lowest BCUT2D eigenvalue weighted by Crippen LogP contribution is -2.43. The van der Waals surface area contributed by atoms with Gasteiger partial charge in [-0.25, -0.2) is 0 Å². The van der Waals surface area contributed by atoms with Gasteiger partial charge in [0.2, 0.25) is 0 Å². The Hall–Kier alpha value is -3.46. The van der Waals surface area contributed by atoms with E-state index in [2.05, 4.69) is 145 Å². The van der Waals surface area contributed by atoms with Crippen LogP contribution in [0, 0.1) is 0 Å². The van der Waals surface area contributed by atoms with Gasteiger partial charge in [0.15, 0.2) is 0 Å². The molecule has 4 aromatic carbocycles. The monoisotopic (exact) mass is 806 g/mol. The summed E-state index contributed by atoms with van der Waals surface area (Å²) in [5.74, 6) is 0. The third-order valence-electron chi connectivity index (χ3n) is 11.2. The number of benzene rings is 4. The number of hydrogen-bond donors (Lipinski definition) is 2. The molecule has 0 saturated carbocycles. The van der Waals surface area contributed by atoms with E-state index < -0.39 is 20.2 Å². The molecule has 12 heteroatoms. The minimum Gasteiger partial charge on any atom is -0.365 e. The molecule has 56 heavy (non-hydrogen) atoms. The molecule has 2 N–H and O–H groups in total. The first-order chi connectivity index (χ1) is 26.6. The summed E-state index contributed by atoms with van der Waals surface area (Å²) in [7, 11) is -2.77. The number of hydrogen-bond acceptors (Lipinski definition) is 8. The molecule has 0 radical (unpaired) electrons. The van der Waals surface area contributed by atoms with Crippen LogP contribution in [0.1, 0.15) is 85.8 Å². The number of piperidine rings is 2. The normalized spacial score (nSPS) is 24.6. The van der Waals surface area contributed by atoms with Crippen molar-refractivity contribution in [2.24, 2.45) is 0 Å². The molecule has 4 atom stereocenters. The third-order valence-corrected chi connectivity index (χ3v) is 11.2. The second-order valence-corrected chi connectivity index (χ2v) is 18.4. The second kappa shape index (κ2) is 20.3. The van der Waals surface area contributed by atoms with Gasteiger partial charge >= 0.3 is 0 Å². The molecule has 4 bridgehead atoms. The highest BCUT2D eigenvalue weighted by Gasteiger charge is 2.41. The molecule has 10 nitrogen and oxygen atoms in total. The van der Waals surface area contributed by atoms with Gasteiger partial charge in [-0.2, -0.15) is 16.8 Å². The fourth-order valence-corrected chi connectivity index (χ4v) is 8.54. The predicted molar refractivity (Wildman–Crippen MR) is 222 cm³/mol. The highest BCUT2D eigenvalue weighted by atomic mass is 32.2. The van der Waals surface area contributed by atoms with E-state index in [4.69, 9.17) is 18.6 Å². The van der Waals surface area contributed by atoms with Crippen LogP contribution in [-0.4, -0.2) is 98.7 Å². The largest absolute Gasteiger partial charge is 0.365 e. The maximum atomic E-state index is 9.19. The maximum Gasteiger partial charge on any atom is 0.261 e. The first-order valence-corrected chi connectivity index (χ1v) is 23.1. The molecule has 8 rings (SSSR count). The summed E-state index contributed by atoms with van der Waals surface area (Å²) < 4.78 is 65.1. The zero-order valence-electron chi connectivity index (χ0n) is 32.9. The smallest absolute Gasteiger partial charge is 0.261 e. The van der Waals surface area contributed by atoms with Gasteiger partial charge in [-0.3, -0.25) is 9.11 Å². The lowest BCUT2D eigenvalue weighted by Gasteiger charge is -2.38. The van der Waals surface area contributed by atoms with E-state index in [0.717, 1.165) is 0 Å². The molecule has 4 aromatic rings. The van der Waals surface area contributed by atoms with E-state index in [1.54, 1.807) is 0 Å². The highest BCUT2D eigenvalue weighted by Crippen LogP contribution is 2.40. The standard InChI is InChI=1S/2C21H25NO.2CH4O3S/c2*1-22-18-12-13-19(22)15-20(14-18)23-21(16-8-4-2-5-9-16)17-10-6-3-7-11-17;2*1-5(2,3)4/h2*2-11,18-21H,12-15H2,1H3;2*1H3,(H,2,3,4). The van der Waals surface area contributed by atoms with Crippen molar-refractivity contribution < 1.29 is 35.4 Å². The quantitative estimate of drug-likeness (QED) is 0.170. The molecule has 0 spiro atoms. The van der Waals surface area contributed by atoms with Crippen LogP contribution in [0.4, 0.5) is 0 Å². The molecule has 0 aromatic heterocycles. The predicted octanol–water partition coefficient (Wildman–Crippen LogP) is 7.84. The van der Waals surface area contributed by atoms with Gasteiger partial charge in [0.1, 0.15) is 12.2 Å². The first kappa shape index (κ1) is 43.7. The van der Waals surface area contributed by atoms with E-state index in [1.807, 2.05) is 0 Å². The number of nitrogens with zero attached hydrogens (tertiary/aromatic N) is 2. The summed E-state index contributed by atoms with van der Waals surface area (Å²) in [6, 6.07) is 45.4. The van der Waals surface area contributed by atoms with Crippen LogP contribution in [0.3, 0.4) is 0 Å². The van der Waals surface area contributed by atoms with E-state index in [0.29, 0.717) is 48.9 Å². The van der Waals surface area contributed by atoms with Crippen molar-refractivity contribution in [2.45, 2.75) is 99.9 Å². The van der Waals surface area contributed by atoms with Crippen LogP contribution in [0.2, 0.25) is 0 Å². The van der Waals surface area contributed by atoms with Gasteiger partial charge in [-0.1, -0.05) is 121 Å². The topological polar surface area (TPSA) is 134 Å². The van der Waals surface area contributed by atoms with Gasteiger partial charge in [0.25, 0.3) is 20.2 Å². The Morgan fingerprint density at radius 1 is 0.464 bits per heavy atom. The SMILES string of the molecule is CN1C2CCC1CC(OC(c1ccccc1)c1ccccc1)C2.CN1C2CCC1CC(OC(c1ccccc1)c1ccccc1)C2.CS(=O)(=O)O.CS(=O)(=O)O. The average molecular weight is 807 g/mol. The van der Waals surface area contributed by atoms with Crippen LogP contribution in [0.25, 0.3) is 0 Å². The van der Waals surface area contributed by atoms with Crippen LogP contribution in [0.15, 0.2) is 121 Å². The van der Waals surface area contributed by atoms with Crippen molar-refractivity contribution in [1.29, 1.82) is 0 Å². The summed E-state index contributed by atoms with van der Waals surface area (Å²) >= 11 is 0. The third kappa shape index (κ3) is 13.9. The molecule has 4 heterocycles. The zero-order chi connectivity index (χ0) is 40.3. The van der Waals surface area contributed by atoms with E-state index >= 15 is 0 Å². The molecular weight excluding hydrogens is 749 g/mol. The van der Waals surface area contributed by atoms with Crippen LogP contribution >= 0.6 is 0 Å². The van der Waals surface area contributed by atoms with Gasteiger partial charge in [-0.05, 0) is 87.7 Å². The zero-order valence-corrected chi connectivity index (χ0v) is 34.5. The van der Waals surface area contributed by atoms with Crippen molar-refractivity contribution in [3.05, 3.63) is 144 Å². The van der Waals surface area contributed by atoms with Crippen molar-refractivity contribution in [1.82, 2.24) is 9.80 Å². The Labute approximate surface area is 334 Å². The van der Waals surface area contributed by atoms with E-state index in [-0.39, 0.29) is 12.2 Å². The molecule has 4 unspecified atom stereocenters. The summed E-state index contributed by atoms with van der Waals surface area (Å²) in [4.78, 5) is 5.14. The Bertz CT molecular complexity index is 1700. The molecule has 4 aliphatic heterocycles. The fraction of sp³-hybridized carbons (Fsp3) is 0.455. The fourth-order valence-electron chi connectivity index (χ4n) is 8.54. The van der Waals surface area contributed by atoms with Gasteiger partial charge in [0.05, 0.1) is 24.7 Å².